The molecule has 40 heavy (non-hydrogen) atoms. The van der Waals surface area contributed by atoms with Gasteiger partial charge < -0.3 is 30.4 Å². The molecule has 0 radical (unpaired) electrons. The fourth-order valence-corrected chi connectivity index (χ4v) is 3.93. The second-order valence-electron chi connectivity index (χ2n) is 8.58. The average molecular weight is 549 g/mol. The number of carboxylic acids is 1. The summed E-state index contributed by atoms with van der Waals surface area (Å²) in [6.45, 7) is 3.14. The maximum Gasteiger partial charge on any atom is 0.350 e. The molecule has 0 amide bonds. The van der Waals surface area contributed by atoms with Gasteiger partial charge in [0.2, 0.25) is 0 Å². The molecule has 14 nitrogen and oxygen atoms in total. The number of aromatic amines is 1. The van der Waals surface area contributed by atoms with Crippen molar-refractivity contribution in [3.8, 4) is 17.4 Å². The van der Waals surface area contributed by atoms with Gasteiger partial charge in [-0.1, -0.05) is 0 Å². The first kappa shape index (κ1) is 27.8. The van der Waals surface area contributed by atoms with E-state index < -0.39 is 17.7 Å². The molecule has 4 aromatic rings. The maximum absolute atomic E-state index is 12.8. The molecule has 208 valence electrons. The minimum Gasteiger partial charge on any atom is -0.493 e. The van der Waals surface area contributed by atoms with Crippen molar-refractivity contribution in [2.45, 2.75) is 26.0 Å². The average Bonchev–Trinajstić information content (AvgIpc) is 3.33. The van der Waals surface area contributed by atoms with Gasteiger partial charge in [-0.3, -0.25) is 15.2 Å². The number of fused-ring (bicyclic) bond motifs is 1. The Balaban J connectivity index is 0.000000867. The van der Waals surface area contributed by atoms with Gasteiger partial charge in [-0.25, -0.2) is 14.8 Å². The normalized spacial score (nSPS) is 14.5. The van der Waals surface area contributed by atoms with Crippen molar-refractivity contribution in [1.82, 2.24) is 24.7 Å². The summed E-state index contributed by atoms with van der Waals surface area (Å²) in [6.07, 6.45) is 2.84. The predicted octanol–water partition coefficient (Wildman–Crippen LogP) is 2.36. The summed E-state index contributed by atoms with van der Waals surface area (Å²) in [7, 11) is 1.56. The summed E-state index contributed by atoms with van der Waals surface area (Å²) in [5.41, 5.74) is 7.97. The highest BCUT2D eigenvalue weighted by molar-refractivity contribution is 5.95. The Hall–Kier alpha value is -5.24. The highest BCUT2D eigenvalue weighted by Gasteiger charge is 2.28. The Labute approximate surface area is 228 Å². The van der Waals surface area contributed by atoms with Gasteiger partial charge >= 0.3 is 5.69 Å². The van der Waals surface area contributed by atoms with Crippen molar-refractivity contribution in [2.75, 3.05) is 19.2 Å². The van der Waals surface area contributed by atoms with Crippen molar-refractivity contribution in [1.29, 1.82) is 5.41 Å². The lowest BCUT2D eigenvalue weighted by Crippen LogP contribution is -2.19. The highest BCUT2D eigenvalue weighted by atomic mass is 16.7. The lowest BCUT2D eigenvalue weighted by atomic mass is 9.98. The number of carboxylic acid groups (broad SMARTS) is 1. The Morgan fingerprint density at radius 2 is 1.95 bits per heavy atom. The fraction of sp³-hybridized carbons (Fsp3) is 0.231. The summed E-state index contributed by atoms with van der Waals surface area (Å²) in [5.74, 6) is 0.756. The molecule has 1 unspecified atom stereocenters. The van der Waals surface area contributed by atoms with Gasteiger partial charge in [-0.05, 0) is 55.0 Å². The smallest absolute Gasteiger partial charge is 0.350 e. The molecule has 0 fully saturated rings. The molecule has 1 aliphatic rings. The number of amidine groups is 1. The topological polar surface area (TPSA) is 203 Å². The van der Waals surface area contributed by atoms with E-state index in [0.717, 1.165) is 22.7 Å². The number of methoxy groups -OCH3 is 1. The van der Waals surface area contributed by atoms with E-state index in [2.05, 4.69) is 25.4 Å². The molecule has 3 heterocycles. The fourth-order valence-electron chi connectivity index (χ4n) is 3.93. The molecule has 14 heteroatoms. The Kier molecular flexibility index (Phi) is 8.39. The van der Waals surface area contributed by atoms with E-state index in [9.17, 15) is 4.79 Å². The van der Waals surface area contributed by atoms with Crippen molar-refractivity contribution in [2.24, 2.45) is 5.73 Å². The van der Waals surface area contributed by atoms with E-state index in [0.29, 0.717) is 28.6 Å². The molecular weight excluding hydrogens is 520 g/mol. The van der Waals surface area contributed by atoms with E-state index in [1.807, 2.05) is 19.1 Å². The van der Waals surface area contributed by atoms with E-state index >= 15 is 0 Å². The molecule has 2 aromatic carbocycles. The number of aliphatic carboxylic acids is 1. The van der Waals surface area contributed by atoms with Crippen LogP contribution in [0.15, 0.2) is 59.7 Å². The summed E-state index contributed by atoms with van der Waals surface area (Å²) in [4.78, 5) is 32.9. The number of nitrogens with zero attached hydrogens (tertiary/aromatic N) is 4. The first-order valence-corrected chi connectivity index (χ1v) is 12.0. The van der Waals surface area contributed by atoms with Crippen LogP contribution in [-0.4, -0.2) is 55.5 Å². The number of carbonyl (C=O) groups is 1. The molecule has 0 spiro atoms. The standard InChI is InChI=1S/C24H24N8O4.C2H4O2/c1-13-17-10-15(11-18(34-2)20(17)36-12-35-13)19(29-16-6-4-14(5-7-16)21(25)26)22-30-24(33)32(31-22)23-27-8-3-9-28-23;1-2(3)4/h3-11,13,19,29H,12H2,1-2H3,(H3,25,26)(H,30,31,33);1H3,(H,3,4)/t13?,19-;/m0./s1. The number of hydrogen-bond donors (Lipinski definition) is 5. The lowest BCUT2D eigenvalue weighted by molar-refractivity contribution is -0.134. The van der Waals surface area contributed by atoms with Crippen LogP contribution in [0, 0.1) is 5.41 Å². The van der Waals surface area contributed by atoms with Crippen LogP contribution in [0.25, 0.3) is 5.95 Å². The van der Waals surface area contributed by atoms with Crippen LogP contribution in [0.5, 0.6) is 11.5 Å². The van der Waals surface area contributed by atoms with Crippen LogP contribution in [0.4, 0.5) is 5.69 Å². The van der Waals surface area contributed by atoms with Gasteiger partial charge in [0.05, 0.1) is 13.2 Å². The van der Waals surface area contributed by atoms with Crippen molar-refractivity contribution >= 4 is 17.5 Å². The SMILES string of the molecule is CC(=O)O.COc1cc([C@H](Nc2ccc(C(=N)N)cc2)c2nn(-c3ncccn3)c(=O)[nH]2)cc2c1OCOC2C. The number of H-pyrrole nitrogens is 1. The molecule has 2 aromatic heterocycles. The van der Waals surface area contributed by atoms with Crippen molar-refractivity contribution < 1.29 is 24.1 Å². The van der Waals surface area contributed by atoms with Crippen LogP contribution in [0.1, 0.15) is 48.5 Å². The van der Waals surface area contributed by atoms with Crippen molar-refractivity contribution in [3.63, 3.8) is 0 Å². The zero-order chi connectivity index (χ0) is 28.8. The van der Waals surface area contributed by atoms with E-state index in [-0.39, 0.29) is 24.7 Å². The zero-order valence-electron chi connectivity index (χ0n) is 21.9. The molecule has 1 aliphatic heterocycles. The summed E-state index contributed by atoms with van der Waals surface area (Å²) < 4.78 is 18.1. The number of anilines is 1. The number of hydrogen-bond acceptors (Lipinski definition) is 10. The molecule has 0 saturated carbocycles. The molecule has 0 aliphatic carbocycles. The first-order valence-electron chi connectivity index (χ1n) is 12.0. The number of nitrogen functional groups attached to an aromatic ring is 1. The van der Waals surface area contributed by atoms with Crippen LogP contribution in [0.2, 0.25) is 0 Å². The Bertz CT molecular complexity index is 1550. The minimum absolute atomic E-state index is 0.0301. The second-order valence-corrected chi connectivity index (χ2v) is 8.58. The first-order chi connectivity index (χ1) is 19.2. The number of rotatable bonds is 7. The van der Waals surface area contributed by atoms with Crippen LogP contribution >= 0.6 is 0 Å². The largest absolute Gasteiger partial charge is 0.493 e. The molecule has 0 saturated heterocycles. The number of nitrogens with one attached hydrogen (secondary N) is 3. The molecular formula is C26H28N8O6. The van der Waals surface area contributed by atoms with Gasteiger partial charge in [0.1, 0.15) is 11.9 Å². The predicted molar refractivity (Wildman–Crippen MR) is 144 cm³/mol. The van der Waals surface area contributed by atoms with Crippen molar-refractivity contribution in [3.05, 3.63) is 87.9 Å². The van der Waals surface area contributed by atoms with Gasteiger partial charge in [0.25, 0.3) is 11.9 Å². The van der Waals surface area contributed by atoms with E-state index in [1.54, 1.807) is 37.4 Å². The van der Waals surface area contributed by atoms with Crippen LogP contribution in [-0.2, 0) is 9.53 Å². The molecule has 5 rings (SSSR count). The zero-order valence-corrected chi connectivity index (χ0v) is 21.9. The third-order valence-electron chi connectivity index (χ3n) is 5.78. The number of benzene rings is 2. The van der Waals surface area contributed by atoms with E-state index in [1.165, 1.54) is 12.4 Å². The quantitative estimate of drug-likeness (QED) is 0.167. The summed E-state index contributed by atoms with van der Waals surface area (Å²) in [5, 5.41) is 22.9. The summed E-state index contributed by atoms with van der Waals surface area (Å²) in [6, 6.07) is 11.9. The van der Waals surface area contributed by atoms with E-state index in [4.69, 9.17) is 35.3 Å². The number of aromatic nitrogens is 5. The minimum atomic E-state index is -0.833. The summed E-state index contributed by atoms with van der Waals surface area (Å²) >= 11 is 0. The molecule has 0 bridgehead atoms. The number of nitrogens with two attached hydrogens (primary N) is 1. The molecule has 6 N–H and O–H groups in total. The monoisotopic (exact) mass is 548 g/mol. The third kappa shape index (κ3) is 6.24. The van der Waals surface area contributed by atoms with Gasteiger partial charge in [-0.2, -0.15) is 0 Å². The highest BCUT2D eigenvalue weighted by Crippen LogP contribution is 2.42. The Morgan fingerprint density at radius 3 is 2.58 bits per heavy atom. The lowest BCUT2D eigenvalue weighted by Gasteiger charge is -2.27. The second kappa shape index (κ2) is 12.1. The number of ether oxygens (including phenoxy) is 3. The van der Waals surface area contributed by atoms with Crippen LogP contribution < -0.4 is 26.2 Å². The van der Waals surface area contributed by atoms with Gasteiger partial charge in [-0.15, -0.1) is 9.78 Å². The van der Waals surface area contributed by atoms with Gasteiger partial charge in [0.15, 0.2) is 24.1 Å². The Morgan fingerprint density at radius 1 is 1.27 bits per heavy atom. The molecule has 2 atom stereocenters. The van der Waals surface area contributed by atoms with Gasteiger partial charge in [0, 0.05) is 36.1 Å². The maximum atomic E-state index is 12.8. The third-order valence-corrected chi connectivity index (χ3v) is 5.78. The van der Waals surface area contributed by atoms with Crippen LogP contribution in [0.3, 0.4) is 0 Å².